The van der Waals surface area contributed by atoms with Crippen LogP contribution in [0.4, 0.5) is 4.79 Å². The molecule has 0 aromatic carbocycles. The average Bonchev–Trinajstić information content (AvgIpc) is 2.55. The predicted molar refractivity (Wildman–Crippen MR) is 107 cm³/mol. The van der Waals surface area contributed by atoms with Crippen molar-refractivity contribution < 1.29 is 14.3 Å². The molecule has 0 radical (unpaired) electrons. The van der Waals surface area contributed by atoms with Crippen molar-refractivity contribution in [3.8, 4) is 0 Å². The van der Waals surface area contributed by atoms with Crippen molar-refractivity contribution in [3.63, 3.8) is 0 Å². The Balaban J connectivity index is 0.00000529. The van der Waals surface area contributed by atoms with E-state index in [1.807, 2.05) is 13.8 Å². The number of nitrogens with one attached hydrogen (secondary N) is 2. The number of carbonyl (C=O) groups excluding carboxylic acids is 1. The summed E-state index contributed by atoms with van der Waals surface area (Å²) in [6, 6.07) is 0.338. The second-order valence-electron chi connectivity index (χ2n) is 5.42. The molecule has 0 atom stereocenters. The topological polar surface area (TPSA) is 75.2 Å². The van der Waals surface area contributed by atoms with E-state index in [0.717, 1.165) is 64.6 Å². The first-order valence-corrected chi connectivity index (χ1v) is 8.75. The number of aliphatic imine (C=N–C) groups is 1. The lowest BCUT2D eigenvalue weighted by atomic mass is 10.1. The Morgan fingerprint density at radius 2 is 1.92 bits per heavy atom. The van der Waals surface area contributed by atoms with Gasteiger partial charge < -0.3 is 25.0 Å². The minimum absolute atomic E-state index is 0. The van der Waals surface area contributed by atoms with Gasteiger partial charge in [-0.2, -0.15) is 0 Å². The molecule has 0 aromatic heterocycles. The second kappa shape index (κ2) is 14.6. The van der Waals surface area contributed by atoms with Crippen LogP contribution >= 0.6 is 24.0 Å². The highest BCUT2D eigenvalue weighted by molar-refractivity contribution is 14.0. The molecule has 24 heavy (non-hydrogen) atoms. The molecule has 1 saturated heterocycles. The van der Waals surface area contributed by atoms with E-state index in [1.165, 1.54) is 0 Å². The molecule has 1 fully saturated rings. The quantitative estimate of drug-likeness (QED) is 0.254. The highest BCUT2D eigenvalue weighted by atomic mass is 127. The molecule has 0 spiro atoms. The van der Waals surface area contributed by atoms with Gasteiger partial charge in [0.25, 0.3) is 0 Å². The average molecular weight is 456 g/mol. The van der Waals surface area contributed by atoms with Gasteiger partial charge in [0.2, 0.25) is 0 Å². The molecular weight excluding hydrogens is 423 g/mol. The van der Waals surface area contributed by atoms with Crippen LogP contribution in [0.25, 0.3) is 0 Å². The molecule has 1 aliphatic rings. The second-order valence-corrected chi connectivity index (χ2v) is 5.42. The summed E-state index contributed by atoms with van der Waals surface area (Å²) in [4.78, 5) is 18.0. The summed E-state index contributed by atoms with van der Waals surface area (Å²) < 4.78 is 10.4. The summed E-state index contributed by atoms with van der Waals surface area (Å²) in [7, 11) is 0. The monoisotopic (exact) mass is 456 g/mol. The van der Waals surface area contributed by atoms with Crippen LogP contribution < -0.4 is 10.6 Å². The van der Waals surface area contributed by atoms with E-state index in [9.17, 15) is 4.79 Å². The molecule has 142 valence electrons. The lowest BCUT2D eigenvalue weighted by Gasteiger charge is -2.32. The third-order valence-corrected chi connectivity index (χ3v) is 3.63. The maximum absolute atomic E-state index is 11.7. The zero-order valence-corrected chi connectivity index (χ0v) is 17.5. The number of carbonyl (C=O) groups is 1. The first-order valence-electron chi connectivity index (χ1n) is 8.75. The van der Waals surface area contributed by atoms with Crippen molar-refractivity contribution in [1.82, 2.24) is 15.5 Å². The normalized spacial score (nSPS) is 15.6. The summed E-state index contributed by atoms with van der Waals surface area (Å²) in [5.74, 6) is 0.846. The summed E-state index contributed by atoms with van der Waals surface area (Å²) in [5, 5.41) is 6.73. The highest BCUT2D eigenvalue weighted by Crippen LogP contribution is 2.11. The van der Waals surface area contributed by atoms with E-state index in [4.69, 9.17) is 9.47 Å². The molecule has 1 aliphatic heterocycles. The minimum atomic E-state index is -0.206. The van der Waals surface area contributed by atoms with Crippen LogP contribution in [-0.2, 0) is 9.47 Å². The maximum Gasteiger partial charge on any atom is 0.409 e. The van der Waals surface area contributed by atoms with Gasteiger partial charge in [0.15, 0.2) is 5.96 Å². The maximum atomic E-state index is 11.7. The number of hydrogen-bond acceptors (Lipinski definition) is 4. The van der Waals surface area contributed by atoms with Crippen molar-refractivity contribution in [1.29, 1.82) is 0 Å². The van der Waals surface area contributed by atoms with Crippen molar-refractivity contribution in [2.75, 3.05) is 46.0 Å². The Bertz CT molecular complexity index is 361. The summed E-state index contributed by atoms with van der Waals surface area (Å²) in [6.45, 7) is 10.8. The smallest absolute Gasteiger partial charge is 0.409 e. The molecule has 8 heteroatoms. The van der Waals surface area contributed by atoms with Gasteiger partial charge in [-0.25, -0.2) is 4.79 Å². The van der Waals surface area contributed by atoms with Gasteiger partial charge in [0.05, 0.1) is 6.61 Å². The highest BCUT2D eigenvalue weighted by Gasteiger charge is 2.23. The molecule has 1 rings (SSSR count). The fourth-order valence-electron chi connectivity index (χ4n) is 2.44. The third kappa shape index (κ3) is 9.51. The van der Waals surface area contributed by atoms with Gasteiger partial charge in [0, 0.05) is 45.4 Å². The molecule has 0 unspecified atom stereocenters. The van der Waals surface area contributed by atoms with Crippen LogP contribution in [0, 0.1) is 0 Å². The number of guanidine groups is 1. The summed E-state index contributed by atoms with van der Waals surface area (Å²) in [6.07, 6.45) is 2.53. The van der Waals surface area contributed by atoms with E-state index in [0.29, 0.717) is 12.6 Å². The number of piperidine rings is 1. The first kappa shape index (κ1) is 23.2. The molecule has 0 saturated carbocycles. The van der Waals surface area contributed by atoms with Crippen LogP contribution in [0.1, 0.15) is 40.0 Å². The van der Waals surface area contributed by atoms with Gasteiger partial charge >= 0.3 is 6.09 Å². The number of rotatable bonds is 8. The Labute approximate surface area is 162 Å². The van der Waals surface area contributed by atoms with Crippen LogP contribution in [0.3, 0.4) is 0 Å². The van der Waals surface area contributed by atoms with Crippen molar-refractivity contribution >= 4 is 36.0 Å². The fraction of sp³-hybridized carbons (Fsp3) is 0.875. The van der Waals surface area contributed by atoms with E-state index >= 15 is 0 Å². The fourth-order valence-corrected chi connectivity index (χ4v) is 2.44. The standard InChI is InChI=1S/C16H32N4O3.HI/c1-4-17-15(18-10-7-13-22-5-2)19-14-8-11-20(12-9-14)16(21)23-6-3;/h14H,4-13H2,1-3H3,(H2,17,18,19);1H. The zero-order valence-electron chi connectivity index (χ0n) is 15.2. The van der Waals surface area contributed by atoms with E-state index < -0.39 is 0 Å². The van der Waals surface area contributed by atoms with Gasteiger partial charge in [-0.15, -0.1) is 24.0 Å². The Hall–Kier alpha value is -0.770. The number of likely N-dealkylation sites (tertiary alicyclic amines) is 1. The van der Waals surface area contributed by atoms with Crippen LogP contribution in [0.15, 0.2) is 4.99 Å². The number of amides is 1. The largest absolute Gasteiger partial charge is 0.450 e. The minimum Gasteiger partial charge on any atom is -0.450 e. The van der Waals surface area contributed by atoms with Crippen LogP contribution in [-0.4, -0.2) is 69.0 Å². The summed E-state index contributed by atoms with van der Waals surface area (Å²) >= 11 is 0. The molecule has 7 nitrogen and oxygen atoms in total. The predicted octanol–water partition coefficient (Wildman–Crippen LogP) is 2.21. The Morgan fingerprint density at radius 1 is 1.21 bits per heavy atom. The molecule has 1 amide bonds. The first-order chi connectivity index (χ1) is 11.2. The van der Waals surface area contributed by atoms with E-state index in [2.05, 4.69) is 22.5 Å². The molecule has 0 bridgehead atoms. The molecule has 0 aliphatic carbocycles. The number of nitrogens with zero attached hydrogens (tertiary/aromatic N) is 2. The zero-order chi connectivity index (χ0) is 16.9. The summed E-state index contributed by atoms with van der Waals surface area (Å²) in [5.41, 5.74) is 0. The van der Waals surface area contributed by atoms with Crippen molar-refractivity contribution in [2.24, 2.45) is 4.99 Å². The number of ether oxygens (including phenoxy) is 2. The molecule has 0 aromatic rings. The van der Waals surface area contributed by atoms with Gasteiger partial charge in [-0.1, -0.05) is 0 Å². The Kier molecular flexibility index (Phi) is 14.1. The lowest BCUT2D eigenvalue weighted by Crippen LogP contribution is -2.49. The molecular formula is C16H33IN4O3. The van der Waals surface area contributed by atoms with Gasteiger partial charge in [0.1, 0.15) is 0 Å². The van der Waals surface area contributed by atoms with Crippen LogP contribution in [0.5, 0.6) is 0 Å². The number of hydrogen-bond donors (Lipinski definition) is 2. The van der Waals surface area contributed by atoms with E-state index in [1.54, 1.807) is 4.90 Å². The van der Waals surface area contributed by atoms with Crippen LogP contribution in [0.2, 0.25) is 0 Å². The SMILES string of the molecule is CCNC(=NCCCOCC)NC1CCN(C(=O)OCC)CC1.I. The van der Waals surface area contributed by atoms with E-state index in [-0.39, 0.29) is 30.1 Å². The lowest BCUT2D eigenvalue weighted by molar-refractivity contribution is 0.0963. The van der Waals surface area contributed by atoms with Crippen molar-refractivity contribution in [2.45, 2.75) is 46.1 Å². The molecule has 2 N–H and O–H groups in total. The van der Waals surface area contributed by atoms with Gasteiger partial charge in [-0.05, 0) is 40.0 Å². The third-order valence-electron chi connectivity index (χ3n) is 3.63. The number of halogens is 1. The Morgan fingerprint density at radius 3 is 2.50 bits per heavy atom. The molecule has 1 heterocycles. The van der Waals surface area contributed by atoms with Crippen molar-refractivity contribution in [3.05, 3.63) is 0 Å². The van der Waals surface area contributed by atoms with Gasteiger partial charge in [-0.3, -0.25) is 4.99 Å².